The zero-order valence-corrected chi connectivity index (χ0v) is 7.12. The predicted octanol–water partition coefficient (Wildman–Crippen LogP) is 1.71. The molecule has 3 heteroatoms. The molecule has 0 spiro atoms. The summed E-state index contributed by atoms with van der Waals surface area (Å²) in [6.45, 7) is 0.848. The highest BCUT2D eigenvalue weighted by atomic mass is 16.3. The van der Waals surface area contributed by atoms with Crippen molar-refractivity contribution < 1.29 is 4.42 Å². The summed E-state index contributed by atoms with van der Waals surface area (Å²) >= 11 is 0. The van der Waals surface area contributed by atoms with E-state index in [1.165, 1.54) is 32.1 Å². The molecule has 1 saturated carbocycles. The molecule has 3 nitrogen and oxygen atoms in total. The van der Waals surface area contributed by atoms with Crippen molar-refractivity contribution in [2.24, 2.45) is 0 Å². The number of oxazole rings is 1. The molecule has 0 unspecified atom stereocenters. The van der Waals surface area contributed by atoms with Gasteiger partial charge in [0, 0.05) is 12.6 Å². The molecule has 0 radical (unpaired) electrons. The predicted molar refractivity (Wildman–Crippen MR) is 45.6 cm³/mol. The van der Waals surface area contributed by atoms with E-state index in [0.717, 1.165) is 12.2 Å². The molecule has 0 amide bonds. The molecule has 0 saturated heterocycles. The molecule has 66 valence electrons. The van der Waals surface area contributed by atoms with E-state index in [2.05, 4.69) is 10.3 Å². The zero-order valence-electron chi connectivity index (χ0n) is 7.12. The third-order valence-electron chi connectivity index (χ3n) is 2.41. The molecule has 1 N–H and O–H groups in total. The van der Waals surface area contributed by atoms with Gasteiger partial charge in [-0.05, 0) is 12.8 Å². The molecule has 1 aliphatic rings. The molecule has 0 aliphatic heterocycles. The summed E-state index contributed by atoms with van der Waals surface area (Å²) in [4.78, 5) is 4.05. The SMILES string of the molecule is c1nc(CNC2CCCC2)co1. The number of nitrogens with one attached hydrogen (secondary N) is 1. The molecule has 0 aromatic carbocycles. The van der Waals surface area contributed by atoms with Crippen LogP contribution in [0.1, 0.15) is 31.4 Å². The monoisotopic (exact) mass is 166 g/mol. The van der Waals surface area contributed by atoms with Crippen LogP contribution in [-0.4, -0.2) is 11.0 Å². The van der Waals surface area contributed by atoms with Crippen molar-refractivity contribution in [3.8, 4) is 0 Å². The van der Waals surface area contributed by atoms with Crippen molar-refractivity contribution in [2.45, 2.75) is 38.3 Å². The summed E-state index contributed by atoms with van der Waals surface area (Å²) < 4.78 is 4.88. The van der Waals surface area contributed by atoms with Gasteiger partial charge in [0.2, 0.25) is 0 Å². The Hall–Kier alpha value is -0.830. The van der Waals surface area contributed by atoms with Gasteiger partial charge in [-0.15, -0.1) is 0 Å². The Morgan fingerprint density at radius 2 is 2.33 bits per heavy atom. The molecule has 0 bridgehead atoms. The number of aromatic nitrogens is 1. The third-order valence-corrected chi connectivity index (χ3v) is 2.41. The van der Waals surface area contributed by atoms with E-state index in [1.54, 1.807) is 6.26 Å². The largest absolute Gasteiger partial charge is 0.451 e. The minimum Gasteiger partial charge on any atom is -0.451 e. The van der Waals surface area contributed by atoms with Crippen LogP contribution < -0.4 is 5.32 Å². The lowest BCUT2D eigenvalue weighted by Gasteiger charge is -2.08. The van der Waals surface area contributed by atoms with Crippen molar-refractivity contribution in [3.63, 3.8) is 0 Å². The lowest BCUT2D eigenvalue weighted by molar-refractivity contribution is 0.515. The highest BCUT2D eigenvalue weighted by Crippen LogP contribution is 2.17. The second kappa shape index (κ2) is 3.72. The van der Waals surface area contributed by atoms with Crippen LogP contribution in [0.15, 0.2) is 17.1 Å². The first-order valence-electron chi connectivity index (χ1n) is 4.55. The van der Waals surface area contributed by atoms with E-state index in [4.69, 9.17) is 4.42 Å². The van der Waals surface area contributed by atoms with E-state index < -0.39 is 0 Å². The van der Waals surface area contributed by atoms with Crippen molar-refractivity contribution >= 4 is 0 Å². The summed E-state index contributed by atoms with van der Waals surface area (Å²) in [5.74, 6) is 0. The van der Waals surface area contributed by atoms with Crippen LogP contribution in [-0.2, 0) is 6.54 Å². The molecular formula is C9H14N2O. The van der Waals surface area contributed by atoms with Crippen molar-refractivity contribution in [3.05, 3.63) is 18.4 Å². The van der Waals surface area contributed by atoms with Crippen LogP contribution in [0.2, 0.25) is 0 Å². The molecular weight excluding hydrogens is 152 g/mol. The van der Waals surface area contributed by atoms with Crippen LogP contribution in [0, 0.1) is 0 Å². The Bertz CT molecular complexity index is 214. The molecule has 1 aromatic rings. The van der Waals surface area contributed by atoms with E-state index in [9.17, 15) is 0 Å². The van der Waals surface area contributed by atoms with Gasteiger partial charge in [0.15, 0.2) is 6.39 Å². The standard InChI is InChI=1S/C9H14N2O/c1-2-4-8(3-1)10-5-9-6-12-7-11-9/h6-8,10H,1-5H2. The lowest BCUT2D eigenvalue weighted by atomic mass is 10.2. The highest BCUT2D eigenvalue weighted by Gasteiger charge is 2.13. The highest BCUT2D eigenvalue weighted by molar-refractivity contribution is 4.91. The van der Waals surface area contributed by atoms with E-state index in [0.29, 0.717) is 6.04 Å². The van der Waals surface area contributed by atoms with Crippen LogP contribution in [0.4, 0.5) is 0 Å². The van der Waals surface area contributed by atoms with E-state index >= 15 is 0 Å². The topological polar surface area (TPSA) is 38.1 Å². The first-order chi connectivity index (χ1) is 5.95. The summed E-state index contributed by atoms with van der Waals surface area (Å²) in [5.41, 5.74) is 1.00. The van der Waals surface area contributed by atoms with Gasteiger partial charge < -0.3 is 9.73 Å². The fourth-order valence-corrected chi connectivity index (χ4v) is 1.70. The zero-order chi connectivity index (χ0) is 8.23. The normalized spacial score (nSPS) is 18.7. The van der Waals surface area contributed by atoms with Gasteiger partial charge in [-0.3, -0.25) is 0 Å². The first-order valence-corrected chi connectivity index (χ1v) is 4.55. The molecule has 0 atom stereocenters. The van der Waals surface area contributed by atoms with Crippen LogP contribution >= 0.6 is 0 Å². The molecule has 12 heavy (non-hydrogen) atoms. The average molecular weight is 166 g/mol. The Morgan fingerprint density at radius 1 is 1.50 bits per heavy atom. The summed E-state index contributed by atoms with van der Waals surface area (Å²) in [7, 11) is 0. The quantitative estimate of drug-likeness (QED) is 0.742. The second-order valence-corrected chi connectivity index (χ2v) is 3.34. The number of nitrogens with zero attached hydrogens (tertiary/aromatic N) is 1. The molecule has 2 rings (SSSR count). The Labute approximate surface area is 72.2 Å². The molecule has 1 heterocycles. The molecule has 1 fully saturated rings. The van der Waals surface area contributed by atoms with Crippen molar-refractivity contribution in [2.75, 3.05) is 0 Å². The molecule has 1 aromatic heterocycles. The maximum Gasteiger partial charge on any atom is 0.180 e. The molecule has 1 aliphatic carbocycles. The van der Waals surface area contributed by atoms with E-state index in [-0.39, 0.29) is 0 Å². The van der Waals surface area contributed by atoms with E-state index in [1.807, 2.05) is 0 Å². The second-order valence-electron chi connectivity index (χ2n) is 3.34. The number of rotatable bonds is 3. The minimum atomic E-state index is 0.710. The van der Waals surface area contributed by atoms with Crippen molar-refractivity contribution in [1.82, 2.24) is 10.3 Å². The van der Waals surface area contributed by atoms with Gasteiger partial charge >= 0.3 is 0 Å². The third kappa shape index (κ3) is 1.85. The van der Waals surface area contributed by atoms with Gasteiger partial charge in [-0.1, -0.05) is 12.8 Å². The van der Waals surface area contributed by atoms with Crippen LogP contribution in [0.3, 0.4) is 0 Å². The maximum absolute atomic E-state index is 4.88. The number of hydrogen-bond acceptors (Lipinski definition) is 3. The fraction of sp³-hybridized carbons (Fsp3) is 0.667. The van der Waals surface area contributed by atoms with Crippen LogP contribution in [0.25, 0.3) is 0 Å². The Morgan fingerprint density at radius 3 is 3.00 bits per heavy atom. The minimum absolute atomic E-state index is 0.710. The van der Waals surface area contributed by atoms with Crippen molar-refractivity contribution in [1.29, 1.82) is 0 Å². The summed E-state index contributed by atoms with van der Waals surface area (Å²) in [6, 6.07) is 0.710. The van der Waals surface area contributed by atoms with Gasteiger partial charge in [-0.25, -0.2) is 4.98 Å². The van der Waals surface area contributed by atoms with Gasteiger partial charge in [0.25, 0.3) is 0 Å². The maximum atomic E-state index is 4.88. The first kappa shape index (κ1) is 7.80. The smallest absolute Gasteiger partial charge is 0.180 e. The Kier molecular flexibility index (Phi) is 2.42. The van der Waals surface area contributed by atoms with Gasteiger partial charge in [-0.2, -0.15) is 0 Å². The Balaban J connectivity index is 1.74. The van der Waals surface area contributed by atoms with Gasteiger partial charge in [0.05, 0.1) is 5.69 Å². The fourth-order valence-electron chi connectivity index (χ4n) is 1.70. The average Bonchev–Trinajstić information content (AvgIpc) is 2.74. The lowest BCUT2D eigenvalue weighted by Crippen LogP contribution is -2.25. The summed E-state index contributed by atoms with van der Waals surface area (Å²) in [6.07, 6.45) is 8.55. The number of hydrogen-bond donors (Lipinski definition) is 1. The van der Waals surface area contributed by atoms with Gasteiger partial charge in [0.1, 0.15) is 6.26 Å². The summed E-state index contributed by atoms with van der Waals surface area (Å²) in [5, 5.41) is 3.46. The van der Waals surface area contributed by atoms with Crippen LogP contribution in [0.5, 0.6) is 0 Å².